The van der Waals surface area contributed by atoms with Gasteiger partial charge in [-0.25, -0.2) is 13.1 Å². The van der Waals surface area contributed by atoms with Gasteiger partial charge in [0.05, 0.1) is 11.4 Å². The zero-order chi connectivity index (χ0) is 12.9. The normalized spacial score (nSPS) is 12.6. The summed E-state index contributed by atoms with van der Waals surface area (Å²) in [5, 5.41) is 9.43. The van der Waals surface area contributed by atoms with Gasteiger partial charge in [-0.05, 0) is 38.0 Å². The molecule has 0 aliphatic carbocycles. The Balaban J connectivity index is 2.46. The predicted molar refractivity (Wildman–Crippen MR) is 66.0 cm³/mol. The lowest BCUT2D eigenvalue weighted by molar-refractivity contribution is 0.0857. The minimum Gasteiger partial charge on any atom is -0.389 e. The van der Waals surface area contributed by atoms with Gasteiger partial charge in [-0.15, -0.1) is 0 Å². The highest BCUT2D eigenvalue weighted by Crippen LogP contribution is 2.02. The monoisotopic (exact) mass is 258 g/mol. The molecule has 1 aromatic heterocycles. The molecule has 0 saturated heterocycles. The third kappa shape index (κ3) is 6.35. The second-order valence-electron chi connectivity index (χ2n) is 4.56. The quantitative estimate of drug-likeness (QED) is 0.770. The van der Waals surface area contributed by atoms with Crippen molar-refractivity contribution in [1.82, 2.24) is 9.71 Å². The average molecular weight is 258 g/mol. The van der Waals surface area contributed by atoms with Gasteiger partial charge in [0.1, 0.15) is 0 Å². The van der Waals surface area contributed by atoms with Gasteiger partial charge in [0.25, 0.3) is 0 Å². The van der Waals surface area contributed by atoms with Crippen LogP contribution in [0.3, 0.4) is 0 Å². The Morgan fingerprint density at radius 2 is 1.94 bits per heavy atom. The maximum Gasteiger partial charge on any atom is 0.212 e. The van der Waals surface area contributed by atoms with E-state index in [1.165, 1.54) is 0 Å². The number of rotatable bonds is 6. The van der Waals surface area contributed by atoms with Crippen LogP contribution in [0.25, 0.3) is 0 Å². The van der Waals surface area contributed by atoms with Crippen LogP contribution in [0.2, 0.25) is 0 Å². The van der Waals surface area contributed by atoms with Gasteiger partial charge in [-0.1, -0.05) is 0 Å². The Hall–Kier alpha value is -0.980. The summed E-state index contributed by atoms with van der Waals surface area (Å²) in [4.78, 5) is 3.86. The first-order valence-corrected chi connectivity index (χ1v) is 7.02. The number of hydrogen-bond donors (Lipinski definition) is 2. The van der Waals surface area contributed by atoms with Crippen LogP contribution in [0.1, 0.15) is 19.4 Å². The van der Waals surface area contributed by atoms with Crippen LogP contribution in [-0.4, -0.2) is 36.4 Å². The summed E-state index contributed by atoms with van der Waals surface area (Å²) in [7, 11) is -3.34. The van der Waals surface area contributed by atoms with E-state index in [0.29, 0.717) is 6.42 Å². The highest BCUT2D eigenvalue weighted by atomic mass is 32.2. The third-order valence-corrected chi connectivity index (χ3v) is 3.46. The SMILES string of the molecule is CC(C)(O)CNS(=O)(=O)CCc1ccncc1. The van der Waals surface area contributed by atoms with E-state index in [4.69, 9.17) is 0 Å². The van der Waals surface area contributed by atoms with Crippen molar-refractivity contribution in [3.05, 3.63) is 30.1 Å². The van der Waals surface area contributed by atoms with E-state index < -0.39 is 15.6 Å². The lowest BCUT2D eigenvalue weighted by atomic mass is 10.1. The van der Waals surface area contributed by atoms with Crippen molar-refractivity contribution in [2.24, 2.45) is 0 Å². The molecule has 0 atom stereocenters. The van der Waals surface area contributed by atoms with Crippen LogP contribution in [0, 0.1) is 0 Å². The standard InChI is InChI=1S/C11H18N2O3S/c1-11(2,14)9-13-17(15,16)8-5-10-3-6-12-7-4-10/h3-4,6-7,13-14H,5,8-9H2,1-2H3. The summed E-state index contributed by atoms with van der Waals surface area (Å²) < 4.78 is 25.6. The fourth-order valence-electron chi connectivity index (χ4n) is 1.16. The van der Waals surface area contributed by atoms with Gasteiger partial charge >= 0.3 is 0 Å². The van der Waals surface area contributed by atoms with Crippen molar-refractivity contribution in [2.75, 3.05) is 12.3 Å². The summed E-state index contributed by atoms with van der Waals surface area (Å²) in [6.45, 7) is 3.13. The maximum atomic E-state index is 11.6. The molecule has 1 rings (SSSR count). The highest BCUT2D eigenvalue weighted by Gasteiger charge is 2.17. The molecule has 17 heavy (non-hydrogen) atoms. The molecule has 0 radical (unpaired) electrons. The summed E-state index contributed by atoms with van der Waals surface area (Å²) in [5.41, 5.74) is -0.113. The maximum absolute atomic E-state index is 11.6. The van der Waals surface area contributed by atoms with Crippen molar-refractivity contribution in [3.8, 4) is 0 Å². The Kier molecular flexibility index (Phi) is 4.62. The van der Waals surface area contributed by atoms with Crippen molar-refractivity contribution >= 4 is 10.0 Å². The molecule has 0 saturated carbocycles. The highest BCUT2D eigenvalue weighted by molar-refractivity contribution is 7.89. The van der Waals surface area contributed by atoms with Crippen molar-refractivity contribution in [2.45, 2.75) is 25.9 Å². The summed E-state index contributed by atoms with van der Waals surface area (Å²) in [5.74, 6) is 0.00704. The number of pyridine rings is 1. The fourth-order valence-corrected chi connectivity index (χ4v) is 2.38. The zero-order valence-corrected chi connectivity index (χ0v) is 10.9. The molecule has 0 aliphatic rings. The van der Waals surface area contributed by atoms with E-state index in [9.17, 15) is 13.5 Å². The predicted octanol–water partition coefficient (Wildman–Crippen LogP) is 0.314. The third-order valence-electron chi connectivity index (χ3n) is 2.13. The number of aromatic nitrogens is 1. The van der Waals surface area contributed by atoms with Gasteiger partial charge in [-0.3, -0.25) is 4.98 Å². The van der Waals surface area contributed by atoms with E-state index in [0.717, 1.165) is 5.56 Å². The van der Waals surface area contributed by atoms with Crippen molar-refractivity contribution in [1.29, 1.82) is 0 Å². The van der Waals surface area contributed by atoms with Gasteiger partial charge < -0.3 is 5.11 Å². The molecule has 1 aromatic rings. The molecule has 0 fully saturated rings. The van der Waals surface area contributed by atoms with Crippen LogP contribution in [-0.2, 0) is 16.4 Å². The fraction of sp³-hybridized carbons (Fsp3) is 0.545. The summed E-state index contributed by atoms with van der Waals surface area (Å²) >= 11 is 0. The minimum absolute atomic E-state index is 0.00704. The van der Waals surface area contributed by atoms with E-state index in [1.807, 2.05) is 0 Å². The Morgan fingerprint density at radius 3 is 2.47 bits per heavy atom. The van der Waals surface area contributed by atoms with Gasteiger partial charge in [0, 0.05) is 18.9 Å². The first-order valence-electron chi connectivity index (χ1n) is 5.37. The molecule has 6 heteroatoms. The molecule has 0 spiro atoms. The Labute approximate surface area is 102 Å². The lowest BCUT2D eigenvalue weighted by Crippen LogP contribution is -2.39. The lowest BCUT2D eigenvalue weighted by Gasteiger charge is -2.17. The van der Waals surface area contributed by atoms with Gasteiger partial charge in [0.15, 0.2) is 0 Å². The number of aryl methyl sites for hydroxylation is 1. The van der Waals surface area contributed by atoms with Crippen LogP contribution in [0.4, 0.5) is 0 Å². The number of hydrogen-bond acceptors (Lipinski definition) is 4. The molecular formula is C11H18N2O3S. The smallest absolute Gasteiger partial charge is 0.212 e. The molecule has 2 N–H and O–H groups in total. The number of aliphatic hydroxyl groups is 1. The summed E-state index contributed by atoms with van der Waals surface area (Å²) in [6.07, 6.45) is 3.70. The molecule has 0 bridgehead atoms. The second kappa shape index (κ2) is 5.57. The molecule has 96 valence electrons. The minimum atomic E-state index is -3.34. The Morgan fingerprint density at radius 1 is 1.35 bits per heavy atom. The number of nitrogens with one attached hydrogen (secondary N) is 1. The summed E-state index contributed by atoms with van der Waals surface area (Å²) in [6, 6.07) is 3.57. The number of nitrogens with zero attached hydrogens (tertiary/aromatic N) is 1. The van der Waals surface area contributed by atoms with Crippen LogP contribution in [0.5, 0.6) is 0 Å². The van der Waals surface area contributed by atoms with Crippen molar-refractivity contribution in [3.63, 3.8) is 0 Å². The van der Waals surface area contributed by atoms with Crippen LogP contribution in [0.15, 0.2) is 24.5 Å². The molecule has 1 heterocycles. The Bertz CT molecular complexity index is 438. The molecular weight excluding hydrogens is 240 g/mol. The zero-order valence-electron chi connectivity index (χ0n) is 10.0. The molecule has 0 aromatic carbocycles. The molecule has 5 nitrogen and oxygen atoms in total. The van der Waals surface area contributed by atoms with Gasteiger partial charge in [-0.2, -0.15) is 0 Å². The number of sulfonamides is 1. The topological polar surface area (TPSA) is 79.3 Å². The largest absolute Gasteiger partial charge is 0.389 e. The molecule has 0 aliphatic heterocycles. The van der Waals surface area contributed by atoms with Crippen molar-refractivity contribution < 1.29 is 13.5 Å². The van der Waals surface area contributed by atoms with Crippen LogP contribution < -0.4 is 4.72 Å². The van der Waals surface area contributed by atoms with E-state index in [1.54, 1.807) is 38.4 Å². The van der Waals surface area contributed by atoms with Gasteiger partial charge in [0.2, 0.25) is 10.0 Å². The first-order chi connectivity index (χ1) is 7.79. The molecule has 0 unspecified atom stereocenters. The average Bonchev–Trinajstić information content (AvgIpc) is 2.25. The second-order valence-corrected chi connectivity index (χ2v) is 6.48. The van der Waals surface area contributed by atoms with E-state index in [-0.39, 0.29) is 12.3 Å². The molecule has 0 amide bonds. The first kappa shape index (κ1) is 14.1. The van der Waals surface area contributed by atoms with E-state index >= 15 is 0 Å². The van der Waals surface area contributed by atoms with Crippen LogP contribution >= 0.6 is 0 Å². The van der Waals surface area contributed by atoms with E-state index in [2.05, 4.69) is 9.71 Å².